The molecule has 2 saturated carbocycles. The van der Waals surface area contributed by atoms with E-state index in [0.29, 0.717) is 24.7 Å². The number of piperazine rings is 1. The van der Waals surface area contributed by atoms with Gasteiger partial charge in [0.05, 0.1) is 23.7 Å². The van der Waals surface area contributed by atoms with Crippen LogP contribution in [-0.2, 0) is 4.79 Å². The summed E-state index contributed by atoms with van der Waals surface area (Å²) in [4.78, 5) is 34.2. The number of pyridine rings is 1. The fourth-order valence-corrected chi connectivity index (χ4v) is 4.42. The first-order chi connectivity index (χ1) is 13.7. The standard InChI is InChI=1S/C20H24N6O2/c1-2-14(13-4-3-7-21-11-13)19(27)25-8-9-26(16-10-15(16)25)20(28)18-17(12-5-6-12)22-24-23-18/h3-4,7,11-12,14-16H,2,5-6,8-10H2,1H3,(H,22,23,24). The van der Waals surface area contributed by atoms with Crippen LogP contribution >= 0.6 is 0 Å². The monoisotopic (exact) mass is 380 g/mol. The van der Waals surface area contributed by atoms with Gasteiger partial charge in [-0.15, -0.1) is 0 Å². The van der Waals surface area contributed by atoms with Gasteiger partial charge in [0.1, 0.15) is 0 Å². The van der Waals surface area contributed by atoms with E-state index in [1.165, 1.54) is 0 Å². The lowest BCUT2D eigenvalue weighted by Crippen LogP contribution is -2.51. The first-order valence-electron chi connectivity index (χ1n) is 10.1. The molecule has 2 aromatic rings. The molecule has 5 rings (SSSR count). The maximum Gasteiger partial charge on any atom is 0.276 e. The molecule has 2 amide bonds. The number of carbonyl (C=O) groups excluding carboxylic acids is 2. The van der Waals surface area contributed by atoms with Gasteiger partial charge in [-0.3, -0.25) is 14.6 Å². The van der Waals surface area contributed by atoms with Crippen LogP contribution in [0.5, 0.6) is 0 Å². The van der Waals surface area contributed by atoms with E-state index in [2.05, 4.69) is 20.4 Å². The topological polar surface area (TPSA) is 95.1 Å². The molecule has 1 N–H and O–H groups in total. The quantitative estimate of drug-likeness (QED) is 0.852. The number of carbonyl (C=O) groups is 2. The zero-order valence-corrected chi connectivity index (χ0v) is 15.9. The van der Waals surface area contributed by atoms with Crippen LogP contribution in [0.1, 0.15) is 66.2 Å². The van der Waals surface area contributed by atoms with Crippen LogP contribution in [-0.4, -0.2) is 67.2 Å². The molecule has 0 spiro atoms. The molecule has 3 aliphatic rings. The van der Waals surface area contributed by atoms with Crippen LogP contribution in [0.4, 0.5) is 0 Å². The fourth-order valence-electron chi connectivity index (χ4n) is 4.42. The van der Waals surface area contributed by atoms with E-state index < -0.39 is 0 Å². The lowest BCUT2D eigenvalue weighted by atomic mass is 9.96. The number of amides is 2. The van der Waals surface area contributed by atoms with Gasteiger partial charge in [0, 0.05) is 31.4 Å². The maximum atomic E-state index is 13.2. The Hall–Kier alpha value is -2.77. The van der Waals surface area contributed by atoms with Gasteiger partial charge >= 0.3 is 0 Å². The van der Waals surface area contributed by atoms with E-state index in [1.807, 2.05) is 28.9 Å². The molecule has 3 heterocycles. The Kier molecular flexibility index (Phi) is 4.14. The fraction of sp³-hybridized carbons (Fsp3) is 0.550. The Labute approximate surface area is 163 Å². The predicted octanol–water partition coefficient (Wildman–Crippen LogP) is 1.70. The van der Waals surface area contributed by atoms with Crippen molar-refractivity contribution in [3.05, 3.63) is 41.5 Å². The molecule has 3 atom stereocenters. The van der Waals surface area contributed by atoms with Crippen LogP contribution in [0, 0.1) is 0 Å². The molecule has 8 heteroatoms. The summed E-state index contributed by atoms with van der Waals surface area (Å²) in [5, 5.41) is 10.9. The van der Waals surface area contributed by atoms with Gasteiger partial charge in [-0.25, -0.2) is 0 Å². The van der Waals surface area contributed by atoms with Crippen molar-refractivity contribution in [2.24, 2.45) is 0 Å². The van der Waals surface area contributed by atoms with Crippen molar-refractivity contribution in [2.45, 2.75) is 56.5 Å². The number of H-pyrrole nitrogens is 1. The Morgan fingerprint density at radius 3 is 2.71 bits per heavy atom. The van der Waals surface area contributed by atoms with E-state index in [-0.39, 0.29) is 29.8 Å². The second-order valence-corrected chi connectivity index (χ2v) is 7.98. The molecule has 1 saturated heterocycles. The zero-order valence-electron chi connectivity index (χ0n) is 15.9. The number of aromatic amines is 1. The molecule has 0 bridgehead atoms. The third kappa shape index (κ3) is 2.87. The van der Waals surface area contributed by atoms with Gasteiger partial charge in [-0.2, -0.15) is 15.4 Å². The molecule has 0 radical (unpaired) electrons. The van der Waals surface area contributed by atoms with Gasteiger partial charge in [0.2, 0.25) is 5.91 Å². The number of hydrogen-bond acceptors (Lipinski definition) is 5. The minimum absolute atomic E-state index is 0.0467. The molecule has 2 aliphatic carbocycles. The highest BCUT2D eigenvalue weighted by Gasteiger charge is 2.53. The van der Waals surface area contributed by atoms with E-state index in [1.54, 1.807) is 12.4 Å². The zero-order chi connectivity index (χ0) is 19.3. The first-order valence-corrected chi connectivity index (χ1v) is 10.1. The highest BCUT2D eigenvalue weighted by molar-refractivity contribution is 5.94. The second kappa shape index (κ2) is 6.68. The summed E-state index contributed by atoms with van der Waals surface area (Å²) in [6, 6.07) is 4.05. The molecule has 3 fully saturated rings. The molecule has 2 aromatic heterocycles. The lowest BCUT2D eigenvalue weighted by molar-refractivity contribution is -0.135. The van der Waals surface area contributed by atoms with E-state index in [9.17, 15) is 9.59 Å². The lowest BCUT2D eigenvalue weighted by Gasteiger charge is -2.35. The van der Waals surface area contributed by atoms with Crippen LogP contribution in [0.2, 0.25) is 0 Å². The molecule has 3 unspecified atom stereocenters. The van der Waals surface area contributed by atoms with Crippen molar-refractivity contribution >= 4 is 11.8 Å². The largest absolute Gasteiger partial charge is 0.335 e. The van der Waals surface area contributed by atoms with Crippen LogP contribution in [0.3, 0.4) is 0 Å². The highest BCUT2D eigenvalue weighted by Crippen LogP contribution is 2.42. The third-order valence-corrected chi connectivity index (χ3v) is 6.19. The van der Waals surface area contributed by atoms with Crippen molar-refractivity contribution in [1.82, 2.24) is 30.2 Å². The Balaban J connectivity index is 1.29. The molecule has 1 aliphatic heterocycles. The second-order valence-electron chi connectivity index (χ2n) is 7.98. The van der Waals surface area contributed by atoms with Gasteiger partial charge in [0.25, 0.3) is 5.91 Å². The number of fused-ring (bicyclic) bond motifs is 1. The molecular weight excluding hydrogens is 356 g/mol. The van der Waals surface area contributed by atoms with Crippen LogP contribution < -0.4 is 0 Å². The minimum atomic E-state index is -0.172. The van der Waals surface area contributed by atoms with Gasteiger partial charge in [0.15, 0.2) is 5.69 Å². The summed E-state index contributed by atoms with van der Waals surface area (Å²) in [6.45, 7) is 3.15. The predicted molar refractivity (Wildman–Crippen MR) is 101 cm³/mol. The molecule has 0 aromatic carbocycles. The summed E-state index contributed by atoms with van der Waals surface area (Å²) in [5.74, 6) is 0.305. The highest BCUT2D eigenvalue weighted by atomic mass is 16.2. The summed E-state index contributed by atoms with van der Waals surface area (Å²) >= 11 is 0. The summed E-state index contributed by atoms with van der Waals surface area (Å²) in [6.07, 6.45) is 7.24. The molecule has 146 valence electrons. The van der Waals surface area contributed by atoms with Gasteiger partial charge in [-0.1, -0.05) is 13.0 Å². The summed E-state index contributed by atoms with van der Waals surface area (Å²) < 4.78 is 0. The molecule has 8 nitrogen and oxygen atoms in total. The van der Waals surface area contributed by atoms with Crippen molar-refractivity contribution in [2.75, 3.05) is 13.1 Å². The van der Waals surface area contributed by atoms with E-state index >= 15 is 0 Å². The number of nitrogens with one attached hydrogen (secondary N) is 1. The number of rotatable bonds is 5. The van der Waals surface area contributed by atoms with E-state index in [0.717, 1.165) is 36.9 Å². The Morgan fingerprint density at radius 1 is 1.21 bits per heavy atom. The normalized spacial score (nSPS) is 24.6. The van der Waals surface area contributed by atoms with Crippen molar-refractivity contribution in [1.29, 1.82) is 0 Å². The first kappa shape index (κ1) is 17.3. The van der Waals surface area contributed by atoms with Crippen LogP contribution in [0.15, 0.2) is 24.5 Å². The maximum absolute atomic E-state index is 13.2. The van der Waals surface area contributed by atoms with Crippen molar-refractivity contribution in [3.63, 3.8) is 0 Å². The Morgan fingerprint density at radius 2 is 2.00 bits per heavy atom. The average Bonchev–Trinajstić information content (AvgIpc) is 3.66. The molecule has 28 heavy (non-hydrogen) atoms. The number of aromatic nitrogens is 4. The Bertz CT molecular complexity index is 893. The number of nitrogens with zero attached hydrogens (tertiary/aromatic N) is 5. The van der Waals surface area contributed by atoms with Gasteiger partial charge < -0.3 is 9.80 Å². The molecular formula is C20H24N6O2. The third-order valence-electron chi connectivity index (χ3n) is 6.19. The van der Waals surface area contributed by atoms with Crippen molar-refractivity contribution in [3.8, 4) is 0 Å². The van der Waals surface area contributed by atoms with E-state index in [4.69, 9.17) is 0 Å². The SMILES string of the molecule is CCC(C(=O)N1CCN(C(=O)c2n[nH]nc2C2CC2)C2CC21)c1cccnc1. The minimum Gasteiger partial charge on any atom is -0.335 e. The summed E-state index contributed by atoms with van der Waals surface area (Å²) in [5.41, 5.74) is 2.24. The van der Waals surface area contributed by atoms with Gasteiger partial charge in [-0.05, 0) is 37.3 Å². The smallest absolute Gasteiger partial charge is 0.276 e. The number of hydrogen-bond donors (Lipinski definition) is 1. The van der Waals surface area contributed by atoms with Crippen molar-refractivity contribution < 1.29 is 9.59 Å². The summed E-state index contributed by atoms with van der Waals surface area (Å²) in [7, 11) is 0. The average molecular weight is 380 g/mol. The van der Waals surface area contributed by atoms with Crippen LogP contribution in [0.25, 0.3) is 0 Å².